The SMILES string of the molecule is CC1CC(=O)Nc2ccccc2N1C(=O)COc1cc(Cl)cc(Cl)c1. The molecule has 2 aromatic rings. The molecule has 0 radical (unpaired) electrons. The number of fused-ring (bicyclic) bond motifs is 1. The second-order valence-corrected chi connectivity index (χ2v) is 6.65. The van der Waals surface area contributed by atoms with Crippen LogP contribution in [0.5, 0.6) is 5.75 Å². The minimum atomic E-state index is -0.289. The Labute approximate surface area is 155 Å². The van der Waals surface area contributed by atoms with Gasteiger partial charge in [-0.25, -0.2) is 0 Å². The minimum absolute atomic E-state index is 0.127. The number of benzene rings is 2. The smallest absolute Gasteiger partial charge is 0.265 e. The van der Waals surface area contributed by atoms with E-state index in [0.29, 0.717) is 27.2 Å². The van der Waals surface area contributed by atoms with E-state index in [1.165, 1.54) is 0 Å². The molecule has 1 aliphatic rings. The summed E-state index contributed by atoms with van der Waals surface area (Å²) in [5, 5.41) is 3.68. The number of nitrogens with zero attached hydrogens (tertiary/aromatic N) is 1. The van der Waals surface area contributed by atoms with Crippen molar-refractivity contribution in [2.45, 2.75) is 19.4 Å². The first-order chi connectivity index (χ1) is 11.9. The van der Waals surface area contributed by atoms with Gasteiger partial charge < -0.3 is 15.0 Å². The van der Waals surface area contributed by atoms with Gasteiger partial charge in [0.25, 0.3) is 5.91 Å². The minimum Gasteiger partial charge on any atom is -0.484 e. The number of nitrogens with one attached hydrogen (secondary N) is 1. The Morgan fingerprint density at radius 3 is 2.64 bits per heavy atom. The molecule has 0 aromatic heterocycles. The third kappa shape index (κ3) is 4.06. The number of ether oxygens (including phenoxy) is 1. The summed E-state index contributed by atoms with van der Waals surface area (Å²) in [7, 11) is 0. The van der Waals surface area contributed by atoms with Crippen LogP contribution in [0, 0.1) is 0 Å². The topological polar surface area (TPSA) is 58.6 Å². The summed E-state index contributed by atoms with van der Waals surface area (Å²) in [4.78, 5) is 26.3. The molecule has 0 saturated carbocycles. The standard InChI is InChI=1S/C18H16Cl2N2O3/c1-11-6-17(23)21-15-4-2-3-5-16(15)22(11)18(24)10-25-14-8-12(19)7-13(20)9-14/h2-5,7-9,11H,6,10H2,1H3,(H,21,23). The molecule has 5 nitrogen and oxygen atoms in total. The first kappa shape index (κ1) is 17.6. The zero-order valence-electron chi connectivity index (χ0n) is 13.5. The van der Waals surface area contributed by atoms with Crippen LogP contribution in [0.15, 0.2) is 42.5 Å². The molecule has 1 atom stereocenters. The molecule has 3 rings (SSSR count). The van der Waals surface area contributed by atoms with Gasteiger partial charge in [-0.1, -0.05) is 35.3 Å². The monoisotopic (exact) mass is 378 g/mol. The Bertz CT molecular complexity index is 805. The van der Waals surface area contributed by atoms with Crippen LogP contribution in [0.4, 0.5) is 11.4 Å². The van der Waals surface area contributed by atoms with Crippen LogP contribution in [0.1, 0.15) is 13.3 Å². The lowest BCUT2D eigenvalue weighted by Gasteiger charge is -2.27. The first-order valence-electron chi connectivity index (χ1n) is 7.74. The number of carbonyl (C=O) groups excluding carboxylic acids is 2. The van der Waals surface area contributed by atoms with Crippen molar-refractivity contribution in [3.63, 3.8) is 0 Å². The van der Waals surface area contributed by atoms with Gasteiger partial charge in [0.15, 0.2) is 6.61 Å². The molecule has 130 valence electrons. The van der Waals surface area contributed by atoms with Crippen molar-refractivity contribution in [3.8, 4) is 5.75 Å². The van der Waals surface area contributed by atoms with E-state index in [1.807, 2.05) is 19.1 Å². The number of para-hydroxylation sites is 2. The number of hydrogen-bond donors (Lipinski definition) is 1. The van der Waals surface area contributed by atoms with Gasteiger partial charge in [0.2, 0.25) is 5.91 Å². The molecule has 1 heterocycles. The first-order valence-corrected chi connectivity index (χ1v) is 8.49. The van der Waals surface area contributed by atoms with Gasteiger partial charge >= 0.3 is 0 Å². The predicted octanol–water partition coefficient (Wildman–Crippen LogP) is 4.14. The normalized spacial score (nSPS) is 16.7. The molecule has 7 heteroatoms. The average molecular weight is 379 g/mol. The highest BCUT2D eigenvalue weighted by molar-refractivity contribution is 6.34. The van der Waals surface area contributed by atoms with Crippen LogP contribution in [-0.4, -0.2) is 24.5 Å². The summed E-state index contributed by atoms with van der Waals surface area (Å²) in [5.74, 6) is 0.0288. The van der Waals surface area contributed by atoms with Crippen molar-refractivity contribution in [2.24, 2.45) is 0 Å². The van der Waals surface area contributed by atoms with Crippen molar-refractivity contribution in [2.75, 3.05) is 16.8 Å². The molecule has 2 amide bonds. The van der Waals surface area contributed by atoms with Crippen LogP contribution in [0.3, 0.4) is 0 Å². The van der Waals surface area contributed by atoms with Crippen molar-refractivity contribution >= 4 is 46.4 Å². The van der Waals surface area contributed by atoms with Crippen LogP contribution in [0.25, 0.3) is 0 Å². The highest BCUT2D eigenvalue weighted by Crippen LogP contribution is 2.31. The highest BCUT2D eigenvalue weighted by atomic mass is 35.5. The van der Waals surface area contributed by atoms with Gasteiger partial charge in [0, 0.05) is 22.5 Å². The summed E-state index contributed by atoms with van der Waals surface area (Å²) in [5.41, 5.74) is 1.26. The highest BCUT2D eigenvalue weighted by Gasteiger charge is 2.29. The summed E-state index contributed by atoms with van der Waals surface area (Å²) in [6.45, 7) is 1.64. The molecule has 1 unspecified atom stereocenters. The number of hydrogen-bond acceptors (Lipinski definition) is 3. The van der Waals surface area contributed by atoms with Gasteiger partial charge in [-0.2, -0.15) is 0 Å². The van der Waals surface area contributed by atoms with Gasteiger partial charge in [-0.3, -0.25) is 9.59 Å². The second kappa shape index (κ2) is 7.33. The van der Waals surface area contributed by atoms with E-state index in [1.54, 1.807) is 35.2 Å². The lowest BCUT2D eigenvalue weighted by molar-refractivity contribution is -0.121. The van der Waals surface area contributed by atoms with E-state index >= 15 is 0 Å². The predicted molar refractivity (Wildman–Crippen MR) is 98.6 cm³/mol. The molecule has 0 saturated heterocycles. The molecule has 0 fully saturated rings. The van der Waals surface area contributed by atoms with Gasteiger partial charge in [-0.05, 0) is 37.3 Å². The molecular formula is C18H16Cl2N2O3. The van der Waals surface area contributed by atoms with E-state index < -0.39 is 0 Å². The fraction of sp³-hybridized carbons (Fsp3) is 0.222. The average Bonchev–Trinajstić information content (AvgIpc) is 2.66. The number of carbonyl (C=O) groups is 2. The largest absolute Gasteiger partial charge is 0.484 e. The Balaban J connectivity index is 1.81. The van der Waals surface area contributed by atoms with E-state index in [0.717, 1.165) is 0 Å². The summed E-state index contributed by atoms with van der Waals surface area (Å²) in [6, 6.07) is 11.7. The third-order valence-electron chi connectivity index (χ3n) is 3.83. The van der Waals surface area contributed by atoms with Gasteiger partial charge in [0.1, 0.15) is 5.75 Å². The molecule has 2 aromatic carbocycles. The molecule has 1 N–H and O–H groups in total. The number of rotatable bonds is 3. The molecule has 0 aliphatic carbocycles. The molecule has 0 bridgehead atoms. The van der Waals surface area contributed by atoms with Crippen molar-refractivity contribution in [1.29, 1.82) is 0 Å². The molecular weight excluding hydrogens is 363 g/mol. The number of anilines is 2. The summed E-state index contributed by atoms with van der Waals surface area (Å²) < 4.78 is 5.55. The fourth-order valence-corrected chi connectivity index (χ4v) is 3.30. The summed E-state index contributed by atoms with van der Waals surface area (Å²) in [6.07, 6.45) is 0.212. The Morgan fingerprint density at radius 1 is 1.24 bits per heavy atom. The van der Waals surface area contributed by atoms with E-state index in [2.05, 4.69) is 5.32 Å². The Kier molecular flexibility index (Phi) is 5.16. The molecule has 0 spiro atoms. The van der Waals surface area contributed by atoms with Crippen LogP contribution >= 0.6 is 23.2 Å². The maximum Gasteiger partial charge on any atom is 0.265 e. The van der Waals surface area contributed by atoms with Crippen LogP contribution in [-0.2, 0) is 9.59 Å². The maximum absolute atomic E-state index is 12.8. The Morgan fingerprint density at radius 2 is 1.92 bits per heavy atom. The number of amides is 2. The third-order valence-corrected chi connectivity index (χ3v) is 4.26. The Hall–Kier alpha value is -2.24. The fourth-order valence-electron chi connectivity index (χ4n) is 2.79. The van der Waals surface area contributed by atoms with Gasteiger partial charge in [-0.15, -0.1) is 0 Å². The number of halogens is 2. The van der Waals surface area contributed by atoms with Gasteiger partial charge in [0.05, 0.1) is 11.4 Å². The van der Waals surface area contributed by atoms with E-state index in [4.69, 9.17) is 27.9 Å². The maximum atomic E-state index is 12.8. The van der Waals surface area contributed by atoms with Crippen LogP contribution in [0.2, 0.25) is 10.0 Å². The van der Waals surface area contributed by atoms with Crippen molar-refractivity contribution in [3.05, 3.63) is 52.5 Å². The van der Waals surface area contributed by atoms with Crippen LogP contribution < -0.4 is 15.0 Å². The lowest BCUT2D eigenvalue weighted by atomic mass is 10.1. The summed E-state index contributed by atoms with van der Waals surface area (Å²) >= 11 is 11.9. The van der Waals surface area contributed by atoms with Crippen molar-refractivity contribution < 1.29 is 14.3 Å². The quantitative estimate of drug-likeness (QED) is 0.872. The zero-order chi connectivity index (χ0) is 18.0. The second-order valence-electron chi connectivity index (χ2n) is 5.78. The van der Waals surface area contributed by atoms with Crippen molar-refractivity contribution in [1.82, 2.24) is 0 Å². The molecule has 25 heavy (non-hydrogen) atoms. The zero-order valence-corrected chi connectivity index (χ0v) is 15.0. The van der Waals surface area contributed by atoms with E-state index in [-0.39, 0.29) is 30.9 Å². The van der Waals surface area contributed by atoms with E-state index in [9.17, 15) is 9.59 Å². The lowest BCUT2D eigenvalue weighted by Crippen LogP contribution is -2.41. The molecule has 1 aliphatic heterocycles.